The Morgan fingerprint density at radius 3 is 2.52 bits per heavy atom. The van der Waals surface area contributed by atoms with Gasteiger partial charge in [0, 0.05) is 20.6 Å². The third-order valence-corrected chi connectivity index (χ3v) is 5.49. The Morgan fingerprint density at radius 2 is 1.81 bits per heavy atom. The van der Waals surface area contributed by atoms with Crippen LogP contribution in [0.5, 0.6) is 5.88 Å². The number of benzene rings is 3. The molecule has 0 amide bonds. The van der Waals surface area contributed by atoms with Crippen molar-refractivity contribution >= 4 is 67.1 Å². The van der Waals surface area contributed by atoms with Gasteiger partial charge in [0.1, 0.15) is 5.82 Å². The highest BCUT2D eigenvalue weighted by Crippen LogP contribution is 2.40. The van der Waals surface area contributed by atoms with Crippen LogP contribution >= 0.6 is 39.7 Å². The molecule has 0 atom stereocenters. The van der Waals surface area contributed by atoms with E-state index in [-0.39, 0.29) is 16.8 Å². The number of hydrogen-bond acceptors (Lipinski definition) is 3. The van der Waals surface area contributed by atoms with Crippen molar-refractivity contribution in [1.29, 1.82) is 0 Å². The molecule has 3 aromatic carbocycles. The van der Waals surface area contributed by atoms with Gasteiger partial charge in [0.15, 0.2) is 5.69 Å². The summed E-state index contributed by atoms with van der Waals surface area (Å²) in [5.41, 5.74) is 2.60. The van der Waals surface area contributed by atoms with Crippen molar-refractivity contribution in [2.75, 3.05) is 5.32 Å². The number of thiocarbonyl (C=S) groups is 1. The van der Waals surface area contributed by atoms with Crippen molar-refractivity contribution in [3.63, 3.8) is 0 Å². The van der Waals surface area contributed by atoms with Crippen molar-refractivity contribution in [1.82, 2.24) is 4.57 Å². The SMILES string of the molecule is Oc1c(N=NC(=S)Nc2ccc(Cl)cc2)c2cc(Br)ccc2n1Cc1ccc(F)cc1. The summed E-state index contributed by atoms with van der Waals surface area (Å²) in [6.07, 6.45) is 0. The summed E-state index contributed by atoms with van der Waals surface area (Å²) >= 11 is 14.6. The standard InChI is InChI=1S/C22H15BrClFN4OS/c23-14-3-10-19-18(11-14)20(21(30)29(19)12-13-1-6-16(25)7-2-13)27-28-22(31)26-17-8-4-15(24)5-9-17/h1-11,30H,12H2,(H,26,31). The predicted molar refractivity (Wildman–Crippen MR) is 129 cm³/mol. The van der Waals surface area contributed by atoms with Gasteiger partial charge in [-0.1, -0.05) is 39.7 Å². The van der Waals surface area contributed by atoms with Gasteiger partial charge >= 0.3 is 0 Å². The lowest BCUT2D eigenvalue weighted by molar-refractivity contribution is 0.429. The van der Waals surface area contributed by atoms with Crippen molar-refractivity contribution in [3.05, 3.63) is 87.6 Å². The number of nitrogens with one attached hydrogen (secondary N) is 1. The molecule has 0 saturated carbocycles. The quantitative estimate of drug-likeness (QED) is 0.218. The number of halogens is 3. The van der Waals surface area contributed by atoms with Crippen LogP contribution < -0.4 is 5.32 Å². The van der Waals surface area contributed by atoms with Crippen LogP contribution in [0.1, 0.15) is 5.56 Å². The van der Waals surface area contributed by atoms with Crippen molar-refractivity contribution in [2.24, 2.45) is 10.2 Å². The van der Waals surface area contributed by atoms with E-state index < -0.39 is 0 Å². The van der Waals surface area contributed by atoms with Crippen molar-refractivity contribution in [3.8, 4) is 5.88 Å². The molecule has 1 aromatic heterocycles. The van der Waals surface area contributed by atoms with Crippen molar-refractivity contribution < 1.29 is 9.50 Å². The molecule has 156 valence electrons. The van der Waals surface area contributed by atoms with E-state index in [4.69, 9.17) is 23.8 Å². The molecule has 0 fully saturated rings. The topological polar surface area (TPSA) is 61.9 Å². The fourth-order valence-electron chi connectivity index (χ4n) is 3.10. The van der Waals surface area contributed by atoms with Crippen LogP contribution in [0.3, 0.4) is 0 Å². The molecule has 0 unspecified atom stereocenters. The molecule has 2 N–H and O–H groups in total. The lowest BCUT2D eigenvalue weighted by atomic mass is 10.2. The van der Waals surface area contributed by atoms with Crippen LogP contribution in [0.25, 0.3) is 10.9 Å². The molecule has 0 bridgehead atoms. The van der Waals surface area contributed by atoms with E-state index in [9.17, 15) is 9.50 Å². The Balaban J connectivity index is 1.66. The number of fused-ring (bicyclic) bond motifs is 1. The highest BCUT2D eigenvalue weighted by molar-refractivity contribution is 9.10. The largest absolute Gasteiger partial charge is 0.493 e. The number of azo groups is 1. The lowest BCUT2D eigenvalue weighted by Gasteiger charge is -2.07. The molecule has 9 heteroatoms. The summed E-state index contributed by atoms with van der Waals surface area (Å²) in [5.74, 6) is -0.374. The molecule has 1 heterocycles. The van der Waals surface area contributed by atoms with Crippen LogP contribution in [-0.4, -0.2) is 14.8 Å². The van der Waals surface area contributed by atoms with E-state index in [2.05, 4.69) is 31.5 Å². The number of hydrogen-bond donors (Lipinski definition) is 2. The normalized spacial score (nSPS) is 11.3. The minimum Gasteiger partial charge on any atom is -0.493 e. The zero-order valence-corrected chi connectivity index (χ0v) is 19.0. The average Bonchev–Trinajstić information content (AvgIpc) is 3.00. The third kappa shape index (κ3) is 4.92. The number of rotatable bonds is 4. The summed E-state index contributed by atoms with van der Waals surface area (Å²) in [4.78, 5) is 0. The van der Waals surface area contributed by atoms with Gasteiger partial charge in [-0.2, -0.15) is 0 Å². The van der Waals surface area contributed by atoms with Gasteiger partial charge in [0.05, 0.1) is 12.1 Å². The molecule has 0 saturated heterocycles. The first-order valence-corrected chi connectivity index (χ1v) is 10.7. The number of nitrogens with zero attached hydrogens (tertiary/aromatic N) is 3. The van der Waals surface area contributed by atoms with Gasteiger partial charge in [-0.3, -0.25) is 0 Å². The van der Waals surface area contributed by atoms with E-state index in [1.54, 1.807) is 41.0 Å². The fourth-order valence-corrected chi connectivity index (χ4v) is 3.75. The van der Waals surface area contributed by atoms with Gasteiger partial charge in [-0.05, 0) is 72.4 Å². The first-order chi connectivity index (χ1) is 14.9. The molecule has 31 heavy (non-hydrogen) atoms. The summed E-state index contributed by atoms with van der Waals surface area (Å²) < 4.78 is 15.8. The molecule has 4 rings (SSSR count). The second-order valence-corrected chi connectivity index (χ2v) is 8.42. The Kier molecular flexibility index (Phi) is 6.31. The smallest absolute Gasteiger partial charge is 0.221 e. The molecule has 0 radical (unpaired) electrons. The number of aromatic hydroxyl groups is 1. The Morgan fingerprint density at radius 1 is 1.10 bits per heavy atom. The van der Waals surface area contributed by atoms with Crippen LogP contribution in [0.15, 0.2) is 81.4 Å². The summed E-state index contributed by atoms with van der Waals surface area (Å²) in [7, 11) is 0. The van der Waals surface area contributed by atoms with Crippen molar-refractivity contribution in [2.45, 2.75) is 6.54 Å². The molecule has 0 aliphatic carbocycles. The van der Waals surface area contributed by atoms with Crippen LogP contribution in [-0.2, 0) is 6.54 Å². The first kappa shape index (κ1) is 21.4. The van der Waals surface area contributed by atoms with Gasteiger partial charge in [0.25, 0.3) is 0 Å². The molecule has 5 nitrogen and oxygen atoms in total. The average molecular weight is 518 g/mol. The third-order valence-electron chi connectivity index (χ3n) is 4.56. The summed E-state index contributed by atoms with van der Waals surface area (Å²) in [5, 5.41) is 23.6. The zero-order chi connectivity index (χ0) is 22.0. The van der Waals surface area contributed by atoms with E-state index in [0.29, 0.717) is 22.6 Å². The van der Waals surface area contributed by atoms with E-state index in [1.807, 2.05) is 18.2 Å². The molecular formula is C22H15BrClFN4OS. The predicted octanol–water partition coefficient (Wildman–Crippen LogP) is 7.43. The second-order valence-electron chi connectivity index (χ2n) is 6.68. The Hall–Kier alpha value is -2.81. The molecule has 0 spiro atoms. The van der Waals surface area contributed by atoms with Gasteiger partial charge < -0.3 is 15.0 Å². The van der Waals surface area contributed by atoms with Crippen LogP contribution in [0, 0.1) is 5.82 Å². The van der Waals surface area contributed by atoms with E-state index in [1.165, 1.54) is 12.1 Å². The summed E-state index contributed by atoms with van der Waals surface area (Å²) in [6.45, 7) is 0.341. The first-order valence-electron chi connectivity index (χ1n) is 9.14. The summed E-state index contributed by atoms with van der Waals surface area (Å²) in [6, 6.07) is 18.7. The molecular weight excluding hydrogens is 503 g/mol. The monoisotopic (exact) mass is 516 g/mol. The molecule has 0 aliphatic heterocycles. The maximum Gasteiger partial charge on any atom is 0.221 e. The van der Waals surface area contributed by atoms with Crippen LogP contribution in [0.2, 0.25) is 5.02 Å². The lowest BCUT2D eigenvalue weighted by Crippen LogP contribution is -2.04. The maximum atomic E-state index is 13.2. The van der Waals surface area contributed by atoms with Gasteiger partial charge in [-0.15, -0.1) is 10.2 Å². The van der Waals surface area contributed by atoms with E-state index in [0.717, 1.165) is 21.2 Å². The second kappa shape index (κ2) is 9.13. The number of anilines is 1. The molecule has 4 aromatic rings. The Bertz CT molecular complexity index is 1290. The number of aromatic nitrogens is 1. The minimum absolute atomic E-state index is 0.0598. The highest BCUT2D eigenvalue weighted by atomic mass is 79.9. The Labute approximate surface area is 196 Å². The van der Waals surface area contributed by atoms with Gasteiger partial charge in [-0.25, -0.2) is 4.39 Å². The zero-order valence-electron chi connectivity index (χ0n) is 15.9. The maximum absolute atomic E-state index is 13.2. The molecule has 0 aliphatic rings. The fraction of sp³-hybridized carbons (Fsp3) is 0.0455. The highest BCUT2D eigenvalue weighted by Gasteiger charge is 2.17. The minimum atomic E-state index is -0.314. The van der Waals surface area contributed by atoms with Crippen LogP contribution in [0.4, 0.5) is 15.8 Å². The van der Waals surface area contributed by atoms with E-state index >= 15 is 0 Å². The van der Waals surface area contributed by atoms with Gasteiger partial charge in [0.2, 0.25) is 11.0 Å².